The molecule has 1 aliphatic heterocycles. The van der Waals surface area contributed by atoms with Crippen LogP contribution >= 0.6 is 0 Å². The molecule has 1 atom stereocenters. The summed E-state index contributed by atoms with van der Waals surface area (Å²) < 4.78 is 15.8. The minimum atomic E-state index is -0.384. The van der Waals surface area contributed by atoms with Crippen molar-refractivity contribution in [2.45, 2.75) is 32.7 Å². The van der Waals surface area contributed by atoms with E-state index in [1.165, 1.54) is 21.3 Å². The van der Waals surface area contributed by atoms with Crippen molar-refractivity contribution in [3.8, 4) is 17.2 Å². The van der Waals surface area contributed by atoms with Crippen molar-refractivity contribution in [3.63, 3.8) is 0 Å². The van der Waals surface area contributed by atoms with Gasteiger partial charge in [-0.15, -0.1) is 0 Å². The first-order valence-corrected chi connectivity index (χ1v) is 8.12. The molecule has 0 spiro atoms. The van der Waals surface area contributed by atoms with Crippen molar-refractivity contribution in [2.24, 2.45) is 5.92 Å². The molecule has 7 nitrogen and oxygen atoms in total. The highest BCUT2D eigenvalue weighted by atomic mass is 16.5. The summed E-state index contributed by atoms with van der Waals surface area (Å²) in [5.41, 5.74) is 0.236. The molecule has 1 fully saturated rings. The monoisotopic (exact) mass is 350 g/mol. The number of nitrogens with one attached hydrogen (secondary N) is 1. The minimum absolute atomic E-state index is 0.00228. The van der Waals surface area contributed by atoms with Crippen LogP contribution < -0.4 is 19.5 Å². The van der Waals surface area contributed by atoms with Crippen molar-refractivity contribution in [2.75, 3.05) is 33.2 Å². The van der Waals surface area contributed by atoms with Gasteiger partial charge in [0.2, 0.25) is 17.6 Å². The number of ether oxygens (including phenoxy) is 3. The Balaban J connectivity index is 2.17. The molecular weight excluding hydrogens is 324 g/mol. The minimum Gasteiger partial charge on any atom is -0.493 e. The third-order valence-electron chi connectivity index (χ3n) is 4.24. The van der Waals surface area contributed by atoms with E-state index in [1.54, 1.807) is 17.0 Å². The van der Waals surface area contributed by atoms with E-state index in [0.717, 1.165) is 0 Å². The number of likely N-dealkylation sites (tertiary alicyclic amines) is 1. The van der Waals surface area contributed by atoms with Gasteiger partial charge < -0.3 is 24.4 Å². The van der Waals surface area contributed by atoms with Crippen LogP contribution in [0.5, 0.6) is 17.2 Å². The van der Waals surface area contributed by atoms with E-state index in [0.29, 0.717) is 29.5 Å². The Morgan fingerprint density at radius 2 is 1.68 bits per heavy atom. The van der Waals surface area contributed by atoms with Crippen molar-refractivity contribution in [1.82, 2.24) is 4.90 Å². The van der Waals surface area contributed by atoms with Gasteiger partial charge in [-0.25, -0.2) is 0 Å². The van der Waals surface area contributed by atoms with Crippen LogP contribution in [0.2, 0.25) is 0 Å². The summed E-state index contributed by atoms with van der Waals surface area (Å²) in [6.45, 7) is 6.30. The molecule has 1 heterocycles. The molecular formula is C18H26N2O5. The molecule has 0 bridgehead atoms. The Morgan fingerprint density at radius 3 is 2.08 bits per heavy atom. The first-order valence-electron chi connectivity index (χ1n) is 8.12. The van der Waals surface area contributed by atoms with E-state index < -0.39 is 0 Å². The standard InChI is InChI=1S/C18H26N2O5/c1-18(2,3)20-10-11(7-15(20)21)17(22)19-12-8-13(23-4)16(25-6)14(9-12)24-5/h8-9,11H,7,10H2,1-6H3,(H,19,22). The van der Waals surface area contributed by atoms with Gasteiger partial charge in [0.15, 0.2) is 11.5 Å². The number of carbonyl (C=O) groups is 2. The van der Waals surface area contributed by atoms with Gasteiger partial charge in [0.1, 0.15) is 0 Å². The smallest absolute Gasteiger partial charge is 0.229 e. The largest absolute Gasteiger partial charge is 0.493 e. The molecule has 1 aromatic rings. The average Bonchev–Trinajstić information content (AvgIpc) is 2.96. The van der Waals surface area contributed by atoms with Gasteiger partial charge in [0, 0.05) is 36.3 Å². The van der Waals surface area contributed by atoms with Crippen molar-refractivity contribution in [3.05, 3.63) is 12.1 Å². The molecule has 0 radical (unpaired) electrons. The van der Waals surface area contributed by atoms with Crippen LogP contribution in [0.25, 0.3) is 0 Å². The van der Waals surface area contributed by atoms with Crippen LogP contribution in [0.4, 0.5) is 5.69 Å². The van der Waals surface area contributed by atoms with Crippen LogP contribution in [-0.4, -0.2) is 50.1 Å². The summed E-state index contributed by atoms with van der Waals surface area (Å²) in [5.74, 6) is 0.780. The molecule has 2 amide bonds. The normalized spacial score (nSPS) is 17.4. The molecule has 0 aromatic heterocycles. The Bertz CT molecular complexity index is 641. The highest BCUT2D eigenvalue weighted by Crippen LogP contribution is 2.40. The van der Waals surface area contributed by atoms with Crippen LogP contribution in [0.1, 0.15) is 27.2 Å². The topological polar surface area (TPSA) is 77.1 Å². The molecule has 7 heteroatoms. The van der Waals surface area contributed by atoms with Crippen LogP contribution in [0.15, 0.2) is 12.1 Å². The summed E-state index contributed by atoms with van der Waals surface area (Å²) in [6.07, 6.45) is 0.216. The number of rotatable bonds is 5. The predicted molar refractivity (Wildman–Crippen MR) is 94.3 cm³/mol. The third-order valence-corrected chi connectivity index (χ3v) is 4.24. The summed E-state index contributed by atoms with van der Waals surface area (Å²) in [5, 5.41) is 2.84. The fourth-order valence-electron chi connectivity index (χ4n) is 2.93. The molecule has 1 aliphatic rings. The first-order chi connectivity index (χ1) is 11.7. The number of hydrogen-bond donors (Lipinski definition) is 1. The highest BCUT2D eigenvalue weighted by molar-refractivity contribution is 5.97. The molecule has 25 heavy (non-hydrogen) atoms. The fraction of sp³-hybridized carbons (Fsp3) is 0.556. The zero-order chi connectivity index (χ0) is 18.8. The van der Waals surface area contributed by atoms with Gasteiger partial charge in [-0.1, -0.05) is 0 Å². The second-order valence-corrected chi connectivity index (χ2v) is 6.98. The van der Waals surface area contributed by atoms with Crippen molar-refractivity contribution < 1.29 is 23.8 Å². The number of nitrogens with zero attached hydrogens (tertiary/aromatic N) is 1. The van der Waals surface area contributed by atoms with E-state index in [1.807, 2.05) is 20.8 Å². The zero-order valence-corrected chi connectivity index (χ0v) is 15.6. The lowest BCUT2D eigenvalue weighted by molar-refractivity contribution is -0.131. The summed E-state index contributed by atoms with van der Waals surface area (Å²) in [7, 11) is 4.54. The van der Waals surface area contributed by atoms with Gasteiger partial charge in [0.05, 0.1) is 27.2 Å². The summed E-state index contributed by atoms with van der Waals surface area (Å²) in [4.78, 5) is 26.5. The van der Waals surface area contributed by atoms with E-state index in [4.69, 9.17) is 14.2 Å². The lowest BCUT2D eigenvalue weighted by Gasteiger charge is -2.31. The molecule has 1 saturated heterocycles. The SMILES string of the molecule is COc1cc(NC(=O)C2CC(=O)N(C(C)(C)C)C2)cc(OC)c1OC. The predicted octanol–water partition coefficient (Wildman–Crippen LogP) is 2.30. The number of amides is 2. The van der Waals surface area contributed by atoms with Crippen LogP contribution in [-0.2, 0) is 9.59 Å². The quantitative estimate of drug-likeness (QED) is 0.882. The van der Waals surface area contributed by atoms with Crippen LogP contribution in [0.3, 0.4) is 0 Å². The molecule has 138 valence electrons. The maximum Gasteiger partial charge on any atom is 0.229 e. The zero-order valence-electron chi connectivity index (χ0n) is 15.6. The number of benzene rings is 1. The number of carbonyl (C=O) groups excluding carboxylic acids is 2. The van der Waals surface area contributed by atoms with E-state index in [9.17, 15) is 9.59 Å². The number of methoxy groups -OCH3 is 3. The highest BCUT2D eigenvalue weighted by Gasteiger charge is 2.39. The molecule has 1 N–H and O–H groups in total. The molecule has 1 aromatic carbocycles. The second-order valence-electron chi connectivity index (χ2n) is 6.98. The lowest BCUT2D eigenvalue weighted by Crippen LogP contribution is -2.42. The third kappa shape index (κ3) is 3.97. The van der Waals surface area contributed by atoms with Gasteiger partial charge in [-0.05, 0) is 20.8 Å². The Morgan fingerprint density at radius 1 is 1.12 bits per heavy atom. The molecule has 0 saturated carbocycles. The Hall–Kier alpha value is -2.44. The first kappa shape index (κ1) is 18.9. The molecule has 2 rings (SSSR count). The maximum absolute atomic E-state index is 12.6. The van der Waals surface area contributed by atoms with E-state index in [-0.39, 0.29) is 29.7 Å². The second kappa shape index (κ2) is 7.21. The van der Waals surface area contributed by atoms with Crippen molar-refractivity contribution in [1.29, 1.82) is 0 Å². The summed E-state index contributed by atoms with van der Waals surface area (Å²) >= 11 is 0. The van der Waals surface area contributed by atoms with Gasteiger partial charge in [0.25, 0.3) is 0 Å². The van der Waals surface area contributed by atoms with E-state index in [2.05, 4.69) is 5.32 Å². The number of hydrogen-bond acceptors (Lipinski definition) is 5. The average molecular weight is 350 g/mol. The van der Waals surface area contributed by atoms with Crippen molar-refractivity contribution >= 4 is 17.5 Å². The van der Waals surface area contributed by atoms with E-state index >= 15 is 0 Å². The van der Waals surface area contributed by atoms with Crippen LogP contribution in [0, 0.1) is 5.92 Å². The van der Waals surface area contributed by atoms with Gasteiger partial charge >= 0.3 is 0 Å². The lowest BCUT2D eigenvalue weighted by atomic mass is 10.1. The molecule has 1 unspecified atom stereocenters. The summed E-state index contributed by atoms with van der Waals surface area (Å²) in [6, 6.07) is 3.33. The Labute approximate surface area is 148 Å². The Kier molecular flexibility index (Phi) is 5.45. The fourth-order valence-corrected chi connectivity index (χ4v) is 2.93. The van der Waals surface area contributed by atoms with Gasteiger partial charge in [-0.3, -0.25) is 9.59 Å². The maximum atomic E-state index is 12.6. The molecule has 0 aliphatic carbocycles. The van der Waals surface area contributed by atoms with Gasteiger partial charge in [-0.2, -0.15) is 0 Å². The number of anilines is 1.